The van der Waals surface area contributed by atoms with E-state index in [1.54, 1.807) is 6.20 Å². The van der Waals surface area contributed by atoms with Crippen molar-refractivity contribution in [3.05, 3.63) is 48.4 Å². The molecule has 1 aromatic carbocycles. The fraction of sp³-hybridized carbons (Fsp3) is 0.353. The van der Waals surface area contributed by atoms with Crippen LogP contribution in [-0.2, 0) is 0 Å². The van der Waals surface area contributed by atoms with Gasteiger partial charge in [0.05, 0.1) is 11.3 Å². The molecule has 0 unspecified atom stereocenters. The Morgan fingerprint density at radius 2 is 1.86 bits per heavy atom. The lowest BCUT2D eigenvalue weighted by molar-refractivity contribution is 0.0927. The van der Waals surface area contributed by atoms with Crippen LogP contribution in [-0.4, -0.2) is 21.9 Å². The van der Waals surface area contributed by atoms with Gasteiger partial charge < -0.3 is 5.32 Å². The minimum atomic E-state index is -0.0682. The molecule has 0 spiro atoms. The average molecular weight is 281 g/mol. The summed E-state index contributed by atoms with van der Waals surface area (Å²) >= 11 is 0. The zero-order valence-corrected chi connectivity index (χ0v) is 12.0. The zero-order valence-electron chi connectivity index (χ0n) is 12.0. The van der Waals surface area contributed by atoms with E-state index < -0.39 is 0 Å². The summed E-state index contributed by atoms with van der Waals surface area (Å²) in [5, 5.41) is 3.13. The van der Waals surface area contributed by atoms with Crippen LogP contribution in [0.15, 0.2) is 42.9 Å². The number of hydrogen-bond donors (Lipinski definition) is 1. The van der Waals surface area contributed by atoms with Crippen LogP contribution in [0.4, 0.5) is 0 Å². The van der Waals surface area contributed by atoms with E-state index in [0.29, 0.717) is 11.3 Å². The zero-order chi connectivity index (χ0) is 14.5. The van der Waals surface area contributed by atoms with E-state index in [1.807, 2.05) is 30.3 Å². The first kappa shape index (κ1) is 13.7. The predicted molar refractivity (Wildman–Crippen MR) is 81.8 cm³/mol. The minimum Gasteiger partial charge on any atom is -0.349 e. The van der Waals surface area contributed by atoms with E-state index in [9.17, 15) is 4.79 Å². The largest absolute Gasteiger partial charge is 0.349 e. The van der Waals surface area contributed by atoms with Crippen LogP contribution in [0.2, 0.25) is 0 Å². The van der Waals surface area contributed by atoms with Crippen LogP contribution in [0.1, 0.15) is 42.5 Å². The van der Waals surface area contributed by atoms with Gasteiger partial charge in [-0.05, 0) is 12.8 Å². The number of hydrogen-bond acceptors (Lipinski definition) is 3. The molecule has 0 saturated heterocycles. The lowest BCUT2D eigenvalue weighted by Crippen LogP contribution is -2.36. The molecule has 4 nitrogen and oxygen atoms in total. The number of rotatable bonds is 3. The van der Waals surface area contributed by atoms with Crippen molar-refractivity contribution in [2.24, 2.45) is 0 Å². The van der Waals surface area contributed by atoms with E-state index in [1.165, 1.54) is 25.6 Å². The summed E-state index contributed by atoms with van der Waals surface area (Å²) in [5.41, 5.74) is 2.18. The van der Waals surface area contributed by atoms with E-state index in [0.717, 1.165) is 18.4 Å². The third kappa shape index (κ3) is 3.27. The third-order valence-corrected chi connectivity index (χ3v) is 3.94. The number of carbonyl (C=O) groups excluding carboxylic acids is 1. The van der Waals surface area contributed by atoms with Crippen molar-refractivity contribution in [1.29, 1.82) is 0 Å². The molecule has 2 aromatic rings. The van der Waals surface area contributed by atoms with Crippen molar-refractivity contribution in [2.75, 3.05) is 0 Å². The number of nitrogens with one attached hydrogen (secondary N) is 1. The Morgan fingerprint density at radius 1 is 1.10 bits per heavy atom. The molecular formula is C17H19N3O. The number of nitrogens with zero attached hydrogens (tertiary/aromatic N) is 2. The van der Waals surface area contributed by atoms with Crippen molar-refractivity contribution < 1.29 is 4.79 Å². The van der Waals surface area contributed by atoms with Gasteiger partial charge in [0.25, 0.3) is 5.91 Å². The van der Waals surface area contributed by atoms with Gasteiger partial charge in [0.2, 0.25) is 0 Å². The van der Waals surface area contributed by atoms with Gasteiger partial charge in [-0.1, -0.05) is 49.6 Å². The highest BCUT2D eigenvalue weighted by atomic mass is 16.1. The molecular weight excluding hydrogens is 262 g/mol. The monoisotopic (exact) mass is 281 g/mol. The highest BCUT2D eigenvalue weighted by Crippen LogP contribution is 2.22. The van der Waals surface area contributed by atoms with Gasteiger partial charge in [0.15, 0.2) is 0 Å². The second-order valence-corrected chi connectivity index (χ2v) is 5.46. The average Bonchev–Trinajstić information content (AvgIpc) is 2.56. The van der Waals surface area contributed by atoms with Gasteiger partial charge in [-0.3, -0.25) is 4.79 Å². The van der Waals surface area contributed by atoms with Crippen molar-refractivity contribution in [3.8, 4) is 11.3 Å². The van der Waals surface area contributed by atoms with Crippen molar-refractivity contribution in [2.45, 2.75) is 38.1 Å². The van der Waals surface area contributed by atoms with Gasteiger partial charge in [-0.25, -0.2) is 9.97 Å². The summed E-state index contributed by atoms with van der Waals surface area (Å²) in [5.74, 6) is -0.0682. The molecule has 0 aliphatic heterocycles. The molecule has 1 aliphatic rings. The summed E-state index contributed by atoms with van der Waals surface area (Å²) in [6.45, 7) is 0. The summed E-state index contributed by atoms with van der Waals surface area (Å²) in [6, 6.07) is 10.0. The first-order chi connectivity index (χ1) is 10.3. The van der Waals surface area contributed by atoms with Gasteiger partial charge >= 0.3 is 0 Å². The summed E-state index contributed by atoms with van der Waals surface area (Å²) in [7, 11) is 0. The molecule has 1 aliphatic carbocycles. The van der Waals surface area contributed by atoms with Gasteiger partial charge in [0.1, 0.15) is 6.33 Å². The summed E-state index contributed by atoms with van der Waals surface area (Å²) in [4.78, 5) is 20.8. The van der Waals surface area contributed by atoms with Gasteiger partial charge in [-0.2, -0.15) is 0 Å². The quantitative estimate of drug-likeness (QED) is 0.940. The fourth-order valence-corrected chi connectivity index (χ4v) is 2.83. The molecule has 0 atom stereocenters. The standard InChI is InChI=1S/C17H19N3O/c21-17(20-14-9-5-2-6-10-14)15-11-18-12-19-16(15)13-7-3-1-4-8-13/h1,3-4,7-8,11-12,14H,2,5-6,9-10H2,(H,20,21). The molecule has 1 N–H and O–H groups in total. The molecule has 21 heavy (non-hydrogen) atoms. The second kappa shape index (κ2) is 6.48. The second-order valence-electron chi connectivity index (χ2n) is 5.46. The molecule has 1 fully saturated rings. The first-order valence-electron chi connectivity index (χ1n) is 7.51. The maximum Gasteiger partial charge on any atom is 0.255 e. The maximum absolute atomic E-state index is 12.5. The Labute approximate surface area is 124 Å². The Hall–Kier alpha value is -2.23. The number of aromatic nitrogens is 2. The Kier molecular flexibility index (Phi) is 4.24. The van der Waals surface area contributed by atoms with Crippen LogP contribution in [0.3, 0.4) is 0 Å². The van der Waals surface area contributed by atoms with Crippen LogP contribution in [0, 0.1) is 0 Å². The SMILES string of the molecule is O=C(NC1CCCCC1)c1cncnc1-c1ccccc1. The van der Waals surface area contributed by atoms with Crippen molar-refractivity contribution >= 4 is 5.91 Å². The van der Waals surface area contributed by atoms with Gasteiger partial charge in [0, 0.05) is 17.8 Å². The lowest BCUT2D eigenvalue weighted by atomic mass is 9.95. The van der Waals surface area contributed by atoms with E-state index in [-0.39, 0.29) is 11.9 Å². The van der Waals surface area contributed by atoms with Crippen molar-refractivity contribution in [1.82, 2.24) is 15.3 Å². The predicted octanol–water partition coefficient (Wildman–Crippen LogP) is 3.21. The van der Waals surface area contributed by atoms with Crippen LogP contribution in [0.5, 0.6) is 0 Å². The highest BCUT2D eigenvalue weighted by Gasteiger charge is 2.19. The maximum atomic E-state index is 12.5. The molecule has 108 valence electrons. The van der Waals surface area contributed by atoms with Crippen molar-refractivity contribution in [3.63, 3.8) is 0 Å². The molecule has 0 radical (unpaired) electrons. The molecule has 1 heterocycles. The molecule has 3 rings (SSSR count). The molecule has 1 aromatic heterocycles. The Bertz CT molecular complexity index is 606. The summed E-state index contributed by atoms with van der Waals surface area (Å²) < 4.78 is 0. The minimum absolute atomic E-state index is 0.0682. The fourth-order valence-electron chi connectivity index (χ4n) is 2.83. The smallest absolute Gasteiger partial charge is 0.255 e. The first-order valence-corrected chi connectivity index (χ1v) is 7.51. The number of benzene rings is 1. The lowest BCUT2D eigenvalue weighted by Gasteiger charge is -2.23. The molecule has 0 bridgehead atoms. The van der Waals surface area contributed by atoms with E-state index in [2.05, 4.69) is 15.3 Å². The van der Waals surface area contributed by atoms with Crippen LogP contribution < -0.4 is 5.32 Å². The van der Waals surface area contributed by atoms with E-state index >= 15 is 0 Å². The normalized spacial score (nSPS) is 15.6. The topological polar surface area (TPSA) is 54.9 Å². The Morgan fingerprint density at radius 3 is 2.62 bits per heavy atom. The van der Waals surface area contributed by atoms with E-state index in [4.69, 9.17) is 0 Å². The number of carbonyl (C=O) groups is 1. The van der Waals surface area contributed by atoms with Crippen LogP contribution in [0.25, 0.3) is 11.3 Å². The summed E-state index contributed by atoms with van der Waals surface area (Å²) in [6.07, 6.45) is 8.90. The molecule has 4 heteroatoms. The third-order valence-electron chi connectivity index (χ3n) is 3.94. The van der Waals surface area contributed by atoms with Crippen LogP contribution >= 0.6 is 0 Å². The number of amides is 1. The highest BCUT2D eigenvalue weighted by molar-refractivity contribution is 5.99. The van der Waals surface area contributed by atoms with Gasteiger partial charge in [-0.15, -0.1) is 0 Å². The molecule has 1 amide bonds. The molecule has 1 saturated carbocycles. The Balaban J connectivity index is 1.83.